The fourth-order valence-electron chi connectivity index (χ4n) is 3.39. The van der Waals surface area contributed by atoms with Crippen LogP contribution in [-0.2, 0) is 10.0 Å². The second-order valence-electron chi connectivity index (χ2n) is 7.03. The zero-order valence-electron chi connectivity index (χ0n) is 18.2. The van der Waals surface area contributed by atoms with Gasteiger partial charge in [-0.3, -0.25) is 9.20 Å². The monoisotopic (exact) mass is 495 g/mol. The van der Waals surface area contributed by atoms with Gasteiger partial charge < -0.3 is 5.32 Å². The lowest BCUT2D eigenvalue weighted by Gasteiger charge is -2.20. The van der Waals surface area contributed by atoms with Gasteiger partial charge in [-0.1, -0.05) is 31.5 Å². The molecule has 8 nitrogen and oxygen atoms in total. The number of hydrogen-bond donors (Lipinski definition) is 1. The number of thioether (sulfide) groups is 1. The average molecular weight is 496 g/mol. The number of aromatic nitrogens is 3. The average Bonchev–Trinajstić information content (AvgIpc) is 3.21. The van der Waals surface area contributed by atoms with Gasteiger partial charge in [0.05, 0.1) is 11.1 Å². The molecule has 11 heteroatoms. The normalized spacial score (nSPS) is 12.9. The quantitative estimate of drug-likeness (QED) is 0.461. The van der Waals surface area contributed by atoms with Crippen LogP contribution in [0.15, 0.2) is 47.5 Å². The van der Waals surface area contributed by atoms with Crippen molar-refractivity contribution in [2.45, 2.75) is 31.2 Å². The zero-order valence-corrected chi connectivity index (χ0v) is 20.5. The van der Waals surface area contributed by atoms with Gasteiger partial charge >= 0.3 is 0 Å². The van der Waals surface area contributed by atoms with Gasteiger partial charge in [0.15, 0.2) is 11.5 Å². The minimum atomic E-state index is -3.81. The van der Waals surface area contributed by atoms with E-state index in [2.05, 4.69) is 15.5 Å². The largest absolute Gasteiger partial charge is 0.342 e. The van der Waals surface area contributed by atoms with E-state index in [1.165, 1.54) is 22.5 Å². The lowest BCUT2D eigenvalue weighted by atomic mass is 10.1. The Hall–Kier alpha value is -2.14. The molecular formula is C21H26ClN5O3S2. The Labute approximate surface area is 197 Å². The van der Waals surface area contributed by atoms with Crippen LogP contribution in [0.2, 0.25) is 5.02 Å². The highest BCUT2D eigenvalue weighted by molar-refractivity contribution is 7.98. The Bertz CT molecular complexity index is 1200. The third-order valence-corrected chi connectivity index (χ3v) is 8.26. The summed E-state index contributed by atoms with van der Waals surface area (Å²) in [5.74, 6) is 1.01. The molecule has 32 heavy (non-hydrogen) atoms. The van der Waals surface area contributed by atoms with Gasteiger partial charge in [0.25, 0.3) is 5.91 Å². The molecule has 1 amide bonds. The maximum absolute atomic E-state index is 13.1. The molecule has 1 N–H and O–H groups in total. The first-order chi connectivity index (χ1) is 15.3. The Balaban J connectivity index is 1.93. The highest BCUT2D eigenvalue weighted by atomic mass is 35.5. The van der Waals surface area contributed by atoms with Crippen LogP contribution in [0.4, 0.5) is 0 Å². The molecule has 3 aromatic rings. The first kappa shape index (κ1) is 24.5. The van der Waals surface area contributed by atoms with E-state index in [4.69, 9.17) is 11.6 Å². The minimum absolute atomic E-state index is 0.0795. The number of hydrogen-bond acceptors (Lipinski definition) is 6. The van der Waals surface area contributed by atoms with Crippen molar-refractivity contribution in [1.82, 2.24) is 24.2 Å². The van der Waals surface area contributed by atoms with E-state index in [-0.39, 0.29) is 15.5 Å². The first-order valence-electron chi connectivity index (χ1n) is 10.2. The van der Waals surface area contributed by atoms with E-state index >= 15 is 0 Å². The van der Waals surface area contributed by atoms with Gasteiger partial charge in [0, 0.05) is 24.8 Å². The molecule has 0 radical (unpaired) electrons. The van der Waals surface area contributed by atoms with E-state index in [1.807, 2.05) is 35.1 Å². The van der Waals surface area contributed by atoms with Crippen LogP contribution in [0.25, 0.3) is 5.65 Å². The molecule has 0 saturated heterocycles. The van der Waals surface area contributed by atoms with E-state index in [0.717, 1.165) is 5.75 Å². The highest BCUT2D eigenvalue weighted by Gasteiger charge is 2.27. The fourth-order valence-corrected chi connectivity index (χ4v) is 5.82. The number of benzene rings is 1. The summed E-state index contributed by atoms with van der Waals surface area (Å²) in [6, 6.07) is 9.48. The standard InChI is InChI=1S/C21H26ClN5O3S2/c1-4-26(5-2)32(29,30)18-14-15(9-10-16(18)22)21(28)23-17(11-13-31-3)20-25-24-19-8-6-7-12-27(19)20/h6-10,12,14,17H,4-5,11,13H2,1-3H3,(H,23,28). The summed E-state index contributed by atoms with van der Waals surface area (Å²) in [5, 5.41) is 11.5. The van der Waals surface area contributed by atoms with Gasteiger partial charge in [-0.05, 0) is 48.8 Å². The molecule has 0 bridgehead atoms. The van der Waals surface area contributed by atoms with Gasteiger partial charge in [0.1, 0.15) is 4.90 Å². The van der Waals surface area contributed by atoms with Crippen LogP contribution in [0.1, 0.15) is 42.5 Å². The van der Waals surface area contributed by atoms with Crippen molar-refractivity contribution in [3.05, 3.63) is 59.0 Å². The van der Waals surface area contributed by atoms with Crippen LogP contribution < -0.4 is 5.32 Å². The summed E-state index contributed by atoms with van der Waals surface area (Å²) in [6.45, 7) is 4.13. The molecule has 1 atom stereocenters. The second-order valence-corrected chi connectivity index (χ2v) is 10.3. The Morgan fingerprint density at radius 1 is 1.22 bits per heavy atom. The predicted octanol–water partition coefficient (Wildman–Crippen LogP) is 3.64. The number of nitrogens with zero attached hydrogens (tertiary/aromatic N) is 4. The molecule has 1 aromatic carbocycles. The molecular weight excluding hydrogens is 470 g/mol. The van der Waals surface area contributed by atoms with Crippen LogP contribution in [0.3, 0.4) is 0 Å². The lowest BCUT2D eigenvalue weighted by molar-refractivity contribution is 0.0933. The zero-order chi connectivity index (χ0) is 23.3. The lowest BCUT2D eigenvalue weighted by Crippen LogP contribution is -2.32. The number of sulfonamides is 1. The van der Waals surface area contributed by atoms with E-state index in [1.54, 1.807) is 25.6 Å². The Morgan fingerprint density at radius 3 is 2.66 bits per heavy atom. The summed E-state index contributed by atoms with van der Waals surface area (Å²) in [4.78, 5) is 13.0. The highest BCUT2D eigenvalue weighted by Crippen LogP contribution is 2.26. The van der Waals surface area contributed by atoms with Crippen LogP contribution >= 0.6 is 23.4 Å². The number of carbonyl (C=O) groups is 1. The van der Waals surface area contributed by atoms with Gasteiger partial charge in [0.2, 0.25) is 10.0 Å². The number of carbonyl (C=O) groups excluding carboxylic acids is 1. The van der Waals surface area contributed by atoms with Gasteiger partial charge in [-0.25, -0.2) is 8.42 Å². The third kappa shape index (κ3) is 5.09. The molecule has 1 unspecified atom stereocenters. The number of amides is 1. The fraction of sp³-hybridized carbons (Fsp3) is 0.381. The van der Waals surface area contributed by atoms with Crippen molar-refractivity contribution in [1.29, 1.82) is 0 Å². The number of halogens is 1. The van der Waals surface area contributed by atoms with Crippen LogP contribution in [-0.4, -0.2) is 58.3 Å². The van der Waals surface area contributed by atoms with Crippen molar-refractivity contribution in [3.8, 4) is 0 Å². The molecule has 3 rings (SSSR count). The molecule has 0 spiro atoms. The van der Waals surface area contributed by atoms with Crippen molar-refractivity contribution in [2.24, 2.45) is 0 Å². The van der Waals surface area contributed by atoms with Crippen LogP contribution in [0, 0.1) is 0 Å². The molecule has 0 fully saturated rings. The van der Waals surface area contributed by atoms with Crippen molar-refractivity contribution in [2.75, 3.05) is 25.1 Å². The van der Waals surface area contributed by atoms with Crippen molar-refractivity contribution < 1.29 is 13.2 Å². The van der Waals surface area contributed by atoms with Gasteiger partial charge in [-0.2, -0.15) is 16.1 Å². The Morgan fingerprint density at radius 2 is 1.97 bits per heavy atom. The SMILES string of the molecule is CCN(CC)S(=O)(=O)c1cc(C(=O)NC(CCSC)c2nnc3ccccn23)ccc1Cl. The topological polar surface area (TPSA) is 96.7 Å². The van der Waals surface area contributed by atoms with Crippen LogP contribution in [0.5, 0.6) is 0 Å². The number of rotatable bonds is 10. The number of fused-ring (bicyclic) bond motifs is 1. The maximum Gasteiger partial charge on any atom is 0.251 e. The predicted molar refractivity (Wildman–Crippen MR) is 128 cm³/mol. The van der Waals surface area contributed by atoms with E-state index < -0.39 is 22.0 Å². The minimum Gasteiger partial charge on any atom is -0.342 e. The summed E-state index contributed by atoms with van der Waals surface area (Å²) >= 11 is 7.86. The summed E-state index contributed by atoms with van der Waals surface area (Å²) in [6.07, 6.45) is 4.48. The summed E-state index contributed by atoms with van der Waals surface area (Å²) in [5.41, 5.74) is 0.896. The molecule has 172 valence electrons. The van der Waals surface area contributed by atoms with Gasteiger partial charge in [-0.15, -0.1) is 10.2 Å². The number of nitrogens with one attached hydrogen (secondary N) is 1. The molecule has 0 aliphatic carbocycles. The maximum atomic E-state index is 13.1. The van der Waals surface area contributed by atoms with Crippen molar-refractivity contribution in [3.63, 3.8) is 0 Å². The number of pyridine rings is 1. The van der Waals surface area contributed by atoms with Crippen molar-refractivity contribution >= 4 is 44.9 Å². The first-order valence-corrected chi connectivity index (χ1v) is 13.4. The molecule has 0 saturated carbocycles. The van der Waals surface area contributed by atoms with E-state index in [9.17, 15) is 13.2 Å². The summed E-state index contributed by atoms with van der Waals surface area (Å²) in [7, 11) is -3.81. The third-order valence-electron chi connectivity index (χ3n) is 5.08. The summed E-state index contributed by atoms with van der Waals surface area (Å²) < 4.78 is 29.1. The Kier molecular flexibility index (Phi) is 8.16. The van der Waals surface area contributed by atoms with E-state index in [0.29, 0.717) is 31.0 Å². The molecule has 0 aliphatic heterocycles. The second kappa shape index (κ2) is 10.7. The molecule has 2 heterocycles. The molecule has 0 aliphatic rings. The smallest absolute Gasteiger partial charge is 0.251 e. The molecule has 2 aromatic heterocycles.